The van der Waals surface area contributed by atoms with E-state index in [9.17, 15) is 4.79 Å². The van der Waals surface area contributed by atoms with Crippen LogP contribution >= 0.6 is 11.6 Å². The van der Waals surface area contributed by atoms with Crippen LogP contribution < -0.4 is 10.6 Å². The smallest absolute Gasteiger partial charge is 0.253 e. The van der Waals surface area contributed by atoms with E-state index in [1.54, 1.807) is 12.1 Å². The number of amides is 1. The van der Waals surface area contributed by atoms with Gasteiger partial charge in [0.15, 0.2) is 0 Å². The van der Waals surface area contributed by atoms with Gasteiger partial charge in [0, 0.05) is 36.4 Å². The molecule has 0 spiro atoms. The lowest BCUT2D eigenvalue weighted by molar-refractivity contribution is 0.0916. The second-order valence-corrected chi connectivity index (χ2v) is 6.34. The highest BCUT2D eigenvalue weighted by Gasteiger charge is 2.36. The monoisotopic (exact) mass is 307 g/mol. The molecule has 0 aromatic heterocycles. The fourth-order valence-corrected chi connectivity index (χ4v) is 3.76. The summed E-state index contributed by atoms with van der Waals surface area (Å²) in [7, 11) is 1.82. The lowest BCUT2D eigenvalue weighted by atomic mass is 9.98. The average molecular weight is 308 g/mol. The van der Waals surface area contributed by atoms with Crippen molar-refractivity contribution in [1.29, 1.82) is 0 Å². The Labute approximate surface area is 130 Å². The number of hydrogen-bond donors (Lipinski definition) is 2. The van der Waals surface area contributed by atoms with Crippen LogP contribution in [0.5, 0.6) is 0 Å². The maximum absolute atomic E-state index is 12.6. The van der Waals surface area contributed by atoms with E-state index in [-0.39, 0.29) is 11.9 Å². The van der Waals surface area contributed by atoms with Crippen molar-refractivity contribution < 1.29 is 4.79 Å². The van der Waals surface area contributed by atoms with Crippen LogP contribution in [0.2, 0.25) is 5.02 Å². The molecule has 1 aromatic carbocycles. The molecule has 1 aromatic rings. The third kappa shape index (κ3) is 3.01. The van der Waals surface area contributed by atoms with Crippen molar-refractivity contribution in [2.75, 3.05) is 25.5 Å². The molecule has 0 bridgehead atoms. The van der Waals surface area contributed by atoms with Crippen LogP contribution in [-0.4, -0.2) is 43.0 Å². The van der Waals surface area contributed by atoms with Crippen molar-refractivity contribution >= 4 is 23.2 Å². The number of nitrogens with zero attached hydrogens (tertiary/aromatic N) is 1. The minimum Gasteiger partial charge on any atom is -0.387 e. The van der Waals surface area contributed by atoms with Gasteiger partial charge in [-0.2, -0.15) is 0 Å². The highest BCUT2D eigenvalue weighted by Crippen LogP contribution is 2.28. The maximum Gasteiger partial charge on any atom is 0.253 e. The fourth-order valence-electron chi connectivity index (χ4n) is 3.58. The first kappa shape index (κ1) is 14.7. The average Bonchev–Trinajstić information content (AvgIpc) is 2.90. The molecule has 1 amide bonds. The molecular weight excluding hydrogens is 286 g/mol. The van der Waals surface area contributed by atoms with E-state index in [1.165, 1.54) is 25.8 Å². The van der Waals surface area contributed by atoms with Crippen LogP contribution in [0.1, 0.15) is 36.0 Å². The molecule has 2 aliphatic rings. The van der Waals surface area contributed by atoms with Gasteiger partial charge in [-0.15, -0.1) is 0 Å². The Hall–Kier alpha value is -1.26. The zero-order valence-electron chi connectivity index (χ0n) is 12.4. The second-order valence-electron chi connectivity index (χ2n) is 5.91. The van der Waals surface area contributed by atoms with Gasteiger partial charge < -0.3 is 10.6 Å². The molecule has 0 aliphatic carbocycles. The van der Waals surface area contributed by atoms with Crippen LogP contribution in [0.15, 0.2) is 18.2 Å². The Morgan fingerprint density at radius 3 is 2.95 bits per heavy atom. The standard InChI is InChI=1S/C16H22ClN3O/c1-18-13-6-5-11(17)10-12(13)16(21)19-14-7-9-20-8-3-2-4-15(14)20/h5-6,10,14-15,18H,2-4,7-9H2,1H3,(H,19,21). The number of nitrogens with one attached hydrogen (secondary N) is 2. The first-order valence-corrected chi connectivity index (χ1v) is 8.09. The van der Waals surface area contributed by atoms with Crippen LogP contribution in [0, 0.1) is 0 Å². The number of carbonyl (C=O) groups excluding carboxylic acids is 1. The zero-order valence-corrected chi connectivity index (χ0v) is 13.1. The van der Waals surface area contributed by atoms with E-state index >= 15 is 0 Å². The van der Waals surface area contributed by atoms with E-state index in [0.29, 0.717) is 16.6 Å². The van der Waals surface area contributed by atoms with Gasteiger partial charge in [0.2, 0.25) is 0 Å². The first-order valence-electron chi connectivity index (χ1n) is 7.71. The number of carbonyl (C=O) groups is 1. The van der Waals surface area contributed by atoms with Crippen LogP contribution in [-0.2, 0) is 0 Å². The predicted molar refractivity (Wildman–Crippen MR) is 86.1 cm³/mol. The Kier molecular flexibility index (Phi) is 4.36. The summed E-state index contributed by atoms with van der Waals surface area (Å²) in [5, 5.41) is 6.86. The molecule has 2 heterocycles. The minimum atomic E-state index is -0.0285. The largest absolute Gasteiger partial charge is 0.387 e. The third-order valence-electron chi connectivity index (χ3n) is 4.67. The van der Waals surface area contributed by atoms with Gasteiger partial charge in [-0.05, 0) is 44.0 Å². The molecule has 2 N–H and O–H groups in total. The van der Waals surface area contributed by atoms with Crippen molar-refractivity contribution in [3.63, 3.8) is 0 Å². The van der Waals surface area contributed by atoms with Crippen molar-refractivity contribution in [2.24, 2.45) is 0 Å². The van der Waals surface area contributed by atoms with Gasteiger partial charge in [0.1, 0.15) is 0 Å². The highest BCUT2D eigenvalue weighted by molar-refractivity contribution is 6.31. The van der Waals surface area contributed by atoms with Crippen LogP contribution in [0.25, 0.3) is 0 Å². The molecule has 2 atom stereocenters. The van der Waals surface area contributed by atoms with Crippen molar-refractivity contribution in [2.45, 2.75) is 37.8 Å². The van der Waals surface area contributed by atoms with E-state index < -0.39 is 0 Å². The van der Waals surface area contributed by atoms with Gasteiger partial charge in [-0.3, -0.25) is 9.69 Å². The summed E-state index contributed by atoms with van der Waals surface area (Å²) in [6.45, 7) is 2.28. The molecular formula is C16H22ClN3O. The molecule has 5 heteroatoms. The maximum atomic E-state index is 12.6. The lowest BCUT2D eigenvalue weighted by Crippen LogP contribution is -2.46. The fraction of sp³-hybridized carbons (Fsp3) is 0.562. The summed E-state index contributed by atoms with van der Waals surface area (Å²) < 4.78 is 0. The number of fused-ring (bicyclic) bond motifs is 1. The molecule has 0 radical (unpaired) electrons. The molecule has 2 fully saturated rings. The number of piperidine rings is 1. The summed E-state index contributed by atoms with van der Waals surface area (Å²) in [4.78, 5) is 15.1. The van der Waals surface area contributed by atoms with E-state index in [0.717, 1.165) is 18.7 Å². The van der Waals surface area contributed by atoms with Crippen LogP contribution in [0.3, 0.4) is 0 Å². The van der Waals surface area contributed by atoms with Gasteiger partial charge >= 0.3 is 0 Å². The Morgan fingerprint density at radius 2 is 2.14 bits per heavy atom. The molecule has 4 nitrogen and oxygen atoms in total. The number of rotatable bonds is 3. The molecule has 114 valence electrons. The van der Waals surface area contributed by atoms with E-state index in [2.05, 4.69) is 15.5 Å². The SMILES string of the molecule is CNc1ccc(Cl)cc1C(=O)NC1CCN2CCCCC12. The molecule has 21 heavy (non-hydrogen) atoms. The Balaban J connectivity index is 1.73. The molecule has 2 aliphatic heterocycles. The van der Waals surface area contributed by atoms with E-state index in [1.807, 2.05) is 13.1 Å². The first-order chi connectivity index (χ1) is 10.2. The molecule has 2 unspecified atom stereocenters. The summed E-state index contributed by atoms with van der Waals surface area (Å²) in [6, 6.07) is 6.15. The number of anilines is 1. The molecule has 2 saturated heterocycles. The van der Waals surface area contributed by atoms with Crippen LogP contribution in [0.4, 0.5) is 5.69 Å². The number of hydrogen-bond acceptors (Lipinski definition) is 3. The summed E-state index contributed by atoms with van der Waals surface area (Å²) in [6.07, 6.45) is 4.80. The number of halogens is 1. The van der Waals surface area contributed by atoms with Gasteiger partial charge in [-0.1, -0.05) is 18.0 Å². The summed E-state index contributed by atoms with van der Waals surface area (Å²) in [5.41, 5.74) is 1.44. The zero-order chi connectivity index (χ0) is 14.8. The van der Waals surface area contributed by atoms with Gasteiger partial charge in [0.25, 0.3) is 5.91 Å². The minimum absolute atomic E-state index is 0.0285. The van der Waals surface area contributed by atoms with E-state index in [4.69, 9.17) is 11.6 Å². The van der Waals surface area contributed by atoms with Crippen molar-refractivity contribution in [1.82, 2.24) is 10.2 Å². The van der Waals surface area contributed by atoms with Crippen molar-refractivity contribution in [3.8, 4) is 0 Å². The Bertz CT molecular complexity index is 534. The predicted octanol–water partition coefficient (Wildman–Crippen LogP) is 2.74. The van der Waals surface area contributed by atoms with Gasteiger partial charge in [-0.25, -0.2) is 0 Å². The summed E-state index contributed by atoms with van der Waals surface area (Å²) >= 11 is 6.03. The second kappa shape index (κ2) is 6.24. The van der Waals surface area contributed by atoms with Crippen molar-refractivity contribution in [3.05, 3.63) is 28.8 Å². The van der Waals surface area contributed by atoms with Gasteiger partial charge in [0.05, 0.1) is 5.56 Å². The normalized spacial score (nSPS) is 25.4. The molecule has 0 saturated carbocycles. The summed E-state index contributed by atoms with van der Waals surface area (Å²) in [5.74, 6) is -0.0285. The quantitative estimate of drug-likeness (QED) is 0.902. The lowest BCUT2D eigenvalue weighted by Gasteiger charge is -2.32. The molecule has 3 rings (SSSR count). The third-order valence-corrected chi connectivity index (χ3v) is 4.90. The Morgan fingerprint density at radius 1 is 1.29 bits per heavy atom. The topological polar surface area (TPSA) is 44.4 Å². The number of benzene rings is 1. The highest BCUT2D eigenvalue weighted by atomic mass is 35.5.